The van der Waals surface area contributed by atoms with Crippen molar-refractivity contribution >= 4 is 17.5 Å². The Morgan fingerprint density at radius 1 is 1.42 bits per heavy atom. The van der Waals surface area contributed by atoms with Gasteiger partial charge in [-0.2, -0.15) is 0 Å². The maximum Gasteiger partial charge on any atom is 0.228 e. The highest BCUT2D eigenvalue weighted by molar-refractivity contribution is 6.30. The topological polar surface area (TPSA) is 29.5 Å². The lowest BCUT2D eigenvalue weighted by Gasteiger charge is -2.28. The highest BCUT2D eigenvalue weighted by Crippen LogP contribution is 2.22. The number of carbonyl (C=O) groups is 1. The lowest BCUT2D eigenvalue weighted by atomic mass is 9.89. The van der Waals surface area contributed by atoms with Crippen LogP contribution in [0.3, 0.4) is 0 Å². The van der Waals surface area contributed by atoms with Crippen LogP contribution in [-0.4, -0.2) is 31.0 Å². The van der Waals surface area contributed by atoms with Crippen molar-refractivity contribution in [2.24, 2.45) is 5.41 Å². The van der Waals surface area contributed by atoms with Gasteiger partial charge in [0.1, 0.15) is 12.4 Å². The van der Waals surface area contributed by atoms with Crippen LogP contribution in [0.1, 0.15) is 27.2 Å². The summed E-state index contributed by atoms with van der Waals surface area (Å²) < 4.78 is 5.58. The molecule has 0 heterocycles. The van der Waals surface area contributed by atoms with E-state index in [-0.39, 0.29) is 11.3 Å². The summed E-state index contributed by atoms with van der Waals surface area (Å²) in [5, 5.41) is 0.647. The molecule has 19 heavy (non-hydrogen) atoms. The fourth-order valence-corrected chi connectivity index (χ4v) is 1.81. The van der Waals surface area contributed by atoms with Crippen LogP contribution in [0.25, 0.3) is 0 Å². The van der Waals surface area contributed by atoms with Gasteiger partial charge in [0.25, 0.3) is 0 Å². The summed E-state index contributed by atoms with van der Waals surface area (Å²) in [5.41, 5.74) is -0.315. The van der Waals surface area contributed by atoms with Gasteiger partial charge in [-0.25, -0.2) is 0 Å². The first-order chi connectivity index (χ1) is 8.86. The van der Waals surface area contributed by atoms with Gasteiger partial charge in [-0.05, 0) is 24.6 Å². The van der Waals surface area contributed by atoms with Crippen LogP contribution in [-0.2, 0) is 4.79 Å². The first-order valence-electron chi connectivity index (χ1n) is 6.50. The molecule has 1 rings (SSSR count). The third-order valence-corrected chi connectivity index (χ3v) is 3.54. The molecule has 1 amide bonds. The van der Waals surface area contributed by atoms with Crippen LogP contribution in [0.4, 0.5) is 0 Å². The van der Waals surface area contributed by atoms with Crippen LogP contribution in [0.5, 0.6) is 5.75 Å². The molecule has 3 nitrogen and oxygen atoms in total. The van der Waals surface area contributed by atoms with Gasteiger partial charge in [-0.15, -0.1) is 0 Å². The van der Waals surface area contributed by atoms with E-state index in [4.69, 9.17) is 16.3 Å². The van der Waals surface area contributed by atoms with E-state index in [0.717, 1.165) is 12.2 Å². The Bertz CT molecular complexity index is 432. The van der Waals surface area contributed by atoms with Gasteiger partial charge in [0, 0.05) is 17.5 Å². The molecular formula is C15H22ClNO2. The highest BCUT2D eigenvalue weighted by atomic mass is 35.5. The number of hydrogen-bond donors (Lipinski definition) is 0. The number of ether oxygens (including phenoxy) is 1. The average molecular weight is 284 g/mol. The summed E-state index contributed by atoms with van der Waals surface area (Å²) in [7, 11) is 1.81. The van der Waals surface area contributed by atoms with Crippen molar-refractivity contribution in [3.05, 3.63) is 29.3 Å². The molecular weight excluding hydrogens is 262 g/mol. The van der Waals surface area contributed by atoms with Crippen molar-refractivity contribution in [3.8, 4) is 5.75 Å². The zero-order valence-corrected chi connectivity index (χ0v) is 12.8. The van der Waals surface area contributed by atoms with Crippen LogP contribution >= 0.6 is 11.6 Å². The summed E-state index contributed by atoms with van der Waals surface area (Å²) in [4.78, 5) is 13.9. The van der Waals surface area contributed by atoms with Gasteiger partial charge in [0.05, 0.1) is 6.54 Å². The Morgan fingerprint density at radius 3 is 2.68 bits per heavy atom. The normalized spacial score (nSPS) is 11.2. The molecule has 0 spiro atoms. The Morgan fingerprint density at radius 2 is 2.11 bits per heavy atom. The Labute approximate surface area is 120 Å². The number of nitrogens with zero attached hydrogens (tertiary/aromatic N) is 1. The van der Waals surface area contributed by atoms with Gasteiger partial charge in [-0.1, -0.05) is 38.4 Å². The lowest BCUT2D eigenvalue weighted by molar-refractivity contribution is -0.139. The van der Waals surface area contributed by atoms with E-state index in [9.17, 15) is 4.79 Å². The molecule has 0 saturated carbocycles. The van der Waals surface area contributed by atoms with Crippen LogP contribution < -0.4 is 4.74 Å². The molecule has 0 radical (unpaired) electrons. The number of amides is 1. The first-order valence-corrected chi connectivity index (χ1v) is 6.88. The smallest absolute Gasteiger partial charge is 0.228 e. The summed E-state index contributed by atoms with van der Waals surface area (Å²) in [6, 6.07) is 7.25. The molecule has 0 aliphatic rings. The van der Waals surface area contributed by atoms with E-state index in [1.807, 2.05) is 32.9 Å². The van der Waals surface area contributed by atoms with Gasteiger partial charge < -0.3 is 9.64 Å². The number of hydrogen-bond acceptors (Lipinski definition) is 2. The lowest BCUT2D eigenvalue weighted by Crippen LogP contribution is -2.40. The van der Waals surface area contributed by atoms with Crippen molar-refractivity contribution in [2.45, 2.75) is 27.2 Å². The molecule has 0 saturated heterocycles. The predicted molar refractivity (Wildman–Crippen MR) is 78.7 cm³/mol. The van der Waals surface area contributed by atoms with Crippen LogP contribution in [0.2, 0.25) is 5.02 Å². The first kappa shape index (κ1) is 15.8. The minimum atomic E-state index is -0.315. The molecule has 0 bridgehead atoms. The largest absolute Gasteiger partial charge is 0.492 e. The summed E-state index contributed by atoms with van der Waals surface area (Å²) in [6.45, 7) is 6.97. The predicted octanol–water partition coefficient (Wildman–Crippen LogP) is 3.61. The van der Waals surface area contributed by atoms with E-state index in [2.05, 4.69) is 0 Å². The molecule has 1 aromatic rings. The molecule has 0 aromatic heterocycles. The second-order valence-corrected chi connectivity index (χ2v) is 5.71. The number of halogens is 1. The molecule has 0 unspecified atom stereocenters. The number of likely N-dealkylation sites (N-methyl/N-ethyl adjacent to an activating group) is 1. The molecule has 4 heteroatoms. The highest BCUT2D eigenvalue weighted by Gasteiger charge is 2.28. The molecule has 0 N–H and O–H groups in total. The summed E-state index contributed by atoms with van der Waals surface area (Å²) in [6.07, 6.45) is 0.825. The van der Waals surface area contributed by atoms with Gasteiger partial charge in [0.15, 0.2) is 0 Å². The van der Waals surface area contributed by atoms with Crippen molar-refractivity contribution in [1.82, 2.24) is 4.90 Å². The minimum absolute atomic E-state index is 0.143. The van der Waals surface area contributed by atoms with Crippen LogP contribution in [0.15, 0.2) is 24.3 Å². The monoisotopic (exact) mass is 283 g/mol. The number of carbonyl (C=O) groups excluding carboxylic acids is 1. The molecule has 106 valence electrons. The van der Waals surface area contributed by atoms with Crippen LogP contribution in [0, 0.1) is 5.41 Å². The van der Waals surface area contributed by atoms with Gasteiger partial charge in [0.2, 0.25) is 5.91 Å². The second-order valence-electron chi connectivity index (χ2n) is 5.27. The number of benzene rings is 1. The fourth-order valence-electron chi connectivity index (χ4n) is 1.63. The Kier molecular flexibility index (Phi) is 5.67. The third kappa shape index (κ3) is 4.75. The summed E-state index contributed by atoms with van der Waals surface area (Å²) in [5.74, 6) is 0.868. The zero-order chi connectivity index (χ0) is 14.5. The molecule has 0 aliphatic heterocycles. The Hall–Kier alpha value is -1.22. The summed E-state index contributed by atoms with van der Waals surface area (Å²) >= 11 is 5.87. The van der Waals surface area contributed by atoms with E-state index >= 15 is 0 Å². The van der Waals surface area contributed by atoms with E-state index in [0.29, 0.717) is 18.2 Å². The zero-order valence-electron chi connectivity index (χ0n) is 12.1. The van der Waals surface area contributed by atoms with E-state index < -0.39 is 0 Å². The van der Waals surface area contributed by atoms with Gasteiger partial charge >= 0.3 is 0 Å². The molecule has 1 aromatic carbocycles. The average Bonchev–Trinajstić information content (AvgIpc) is 2.37. The molecule has 0 fully saturated rings. The molecule has 0 atom stereocenters. The van der Waals surface area contributed by atoms with E-state index in [1.165, 1.54) is 0 Å². The Balaban J connectivity index is 2.43. The molecule has 0 aliphatic carbocycles. The SMILES string of the molecule is CCC(C)(C)C(=O)N(C)CCOc1cccc(Cl)c1. The quantitative estimate of drug-likeness (QED) is 0.798. The number of rotatable bonds is 6. The standard InChI is InChI=1S/C15H22ClNO2/c1-5-15(2,3)14(18)17(4)9-10-19-13-8-6-7-12(16)11-13/h6-8,11H,5,9-10H2,1-4H3. The fraction of sp³-hybridized carbons (Fsp3) is 0.533. The van der Waals surface area contributed by atoms with Gasteiger partial charge in [-0.3, -0.25) is 4.79 Å². The minimum Gasteiger partial charge on any atom is -0.492 e. The van der Waals surface area contributed by atoms with E-state index in [1.54, 1.807) is 24.1 Å². The third-order valence-electron chi connectivity index (χ3n) is 3.30. The second kappa shape index (κ2) is 6.80. The maximum absolute atomic E-state index is 12.1. The van der Waals surface area contributed by atoms with Crippen molar-refractivity contribution in [1.29, 1.82) is 0 Å². The van der Waals surface area contributed by atoms with Crippen molar-refractivity contribution in [2.75, 3.05) is 20.2 Å². The maximum atomic E-state index is 12.1. The van der Waals surface area contributed by atoms with Crippen molar-refractivity contribution < 1.29 is 9.53 Å². The van der Waals surface area contributed by atoms with Crippen molar-refractivity contribution in [3.63, 3.8) is 0 Å².